The van der Waals surface area contributed by atoms with E-state index in [0.717, 1.165) is 17.3 Å². The van der Waals surface area contributed by atoms with Crippen molar-refractivity contribution < 1.29 is 8.83 Å². The van der Waals surface area contributed by atoms with Gasteiger partial charge in [0.15, 0.2) is 6.39 Å². The van der Waals surface area contributed by atoms with E-state index in [2.05, 4.69) is 75.1 Å². The second-order valence-corrected chi connectivity index (χ2v) is 7.83. The van der Waals surface area contributed by atoms with Crippen molar-refractivity contribution in [3.63, 3.8) is 0 Å². The van der Waals surface area contributed by atoms with Gasteiger partial charge in [0, 0.05) is 29.7 Å². The van der Waals surface area contributed by atoms with E-state index in [1.807, 2.05) is 35.1 Å². The Morgan fingerprint density at radius 2 is 1.59 bits per heavy atom. The Bertz CT molecular complexity index is 808. The number of hydrogen-bond donors (Lipinski definition) is 0. The van der Waals surface area contributed by atoms with Crippen LogP contribution in [0.15, 0.2) is 76.5 Å². The number of benzene rings is 1. The van der Waals surface area contributed by atoms with E-state index >= 15 is 0 Å². The summed E-state index contributed by atoms with van der Waals surface area (Å²) in [5, 5.41) is 5.23. The minimum atomic E-state index is 0.470. The number of para-hydroxylation sites is 1. The van der Waals surface area contributed by atoms with Gasteiger partial charge < -0.3 is 8.83 Å². The van der Waals surface area contributed by atoms with E-state index in [1.54, 1.807) is 12.4 Å². The molecule has 0 spiro atoms. The van der Waals surface area contributed by atoms with Crippen molar-refractivity contribution in [2.45, 2.75) is 60.4 Å². The summed E-state index contributed by atoms with van der Waals surface area (Å²) in [7, 11) is 0. The third-order valence-corrected chi connectivity index (χ3v) is 3.41. The molecule has 0 amide bonds. The normalized spacial score (nSPS) is 10.1. The van der Waals surface area contributed by atoms with Crippen molar-refractivity contribution >= 4 is 11.0 Å². The first-order valence-corrected chi connectivity index (χ1v) is 10.1. The SMILES string of the molecule is CC(C)C.CC(C)c1cc2ccccc2o1.CC(C)n1cccn1.c1cocn1. The summed E-state index contributed by atoms with van der Waals surface area (Å²) in [4.78, 5) is 3.56. The molecule has 0 radical (unpaired) electrons. The lowest BCUT2D eigenvalue weighted by atomic mass is 10.1. The zero-order valence-corrected chi connectivity index (χ0v) is 18.7. The van der Waals surface area contributed by atoms with Crippen molar-refractivity contribution in [1.29, 1.82) is 0 Å². The number of furan rings is 1. The molecule has 3 aromatic heterocycles. The van der Waals surface area contributed by atoms with E-state index in [1.165, 1.54) is 18.0 Å². The van der Waals surface area contributed by atoms with Crippen LogP contribution in [-0.4, -0.2) is 14.8 Å². The first-order chi connectivity index (χ1) is 13.8. The Kier molecular flexibility index (Phi) is 11.2. The fourth-order valence-corrected chi connectivity index (χ4v) is 2.05. The highest BCUT2D eigenvalue weighted by Crippen LogP contribution is 2.23. The molecule has 0 aliphatic carbocycles. The lowest BCUT2D eigenvalue weighted by Crippen LogP contribution is -1.99. The maximum absolute atomic E-state index is 5.63. The van der Waals surface area contributed by atoms with Gasteiger partial charge in [-0.1, -0.05) is 52.8 Å². The quantitative estimate of drug-likeness (QED) is 0.354. The average molecular weight is 398 g/mol. The Morgan fingerprint density at radius 3 is 1.97 bits per heavy atom. The van der Waals surface area contributed by atoms with E-state index in [9.17, 15) is 0 Å². The summed E-state index contributed by atoms with van der Waals surface area (Å²) < 4.78 is 12.0. The predicted molar refractivity (Wildman–Crippen MR) is 120 cm³/mol. The van der Waals surface area contributed by atoms with Crippen LogP contribution in [0.25, 0.3) is 11.0 Å². The number of fused-ring (bicyclic) bond motifs is 1. The maximum atomic E-state index is 5.63. The summed E-state index contributed by atoms with van der Waals surface area (Å²) >= 11 is 0. The van der Waals surface area contributed by atoms with Gasteiger partial charge in [-0.2, -0.15) is 5.10 Å². The molecule has 5 nitrogen and oxygen atoms in total. The van der Waals surface area contributed by atoms with Crippen molar-refractivity contribution in [3.05, 3.63) is 73.4 Å². The minimum Gasteiger partial charge on any atom is -0.461 e. The molecule has 0 aliphatic rings. The molecular formula is C24H35N3O2. The summed E-state index contributed by atoms with van der Waals surface area (Å²) in [5.74, 6) is 2.37. The Hall–Kier alpha value is -2.82. The van der Waals surface area contributed by atoms with E-state index in [0.29, 0.717) is 12.0 Å². The van der Waals surface area contributed by atoms with E-state index in [-0.39, 0.29) is 0 Å². The summed E-state index contributed by atoms with van der Waals surface area (Å²) in [6, 6.07) is 12.6. The first kappa shape index (κ1) is 24.2. The van der Waals surface area contributed by atoms with Gasteiger partial charge in [-0.3, -0.25) is 4.68 Å². The molecule has 5 heteroatoms. The first-order valence-electron chi connectivity index (χ1n) is 10.1. The molecule has 0 saturated carbocycles. The van der Waals surface area contributed by atoms with Gasteiger partial charge in [0.2, 0.25) is 0 Å². The van der Waals surface area contributed by atoms with Gasteiger partial charge in [-0.05, 0) is 38.0 Å². The summed E-state index contributed by atoms with van der Waals surface area (Å²) in [6.45, 7) is 15.0. The molecule has 0 atom stereocenters. The summed E-state index contributed by atoms with van der Waals surface area (Å²) in [6.07, 6.45) is 8.23. The van der Waals surface area contributed by atoms with Crippen LogP contribution in [0.5, 0.6) is 0 Å². The van der Waals surface area contributed by atoms with Crippen molar-refractivity contribution in [1.82, 2.24) is 14.8 Å². The number of hydrogen-bond acceptors (Lipinski definition) is 4. The molecule has 1 aromatic carbocycles. The molecule has 29 heavy (non-hydrogen) atoms. The Balaban J connectivity index is 0.000000214. The van der Waals surface area contributed by atoms with Crippen LogP contribution in [0, 0.1) is 5.92 Å². The maximum Gasteiger partial charge on any atom is 0.180 e. The smallest absolute Gasteiger partial charge is 0.180 e. The largest absolute Gasteiger partial charge is 0.461 e. The van der Waals surface area contributed by atoms with Crippen LogP contribution in [0.2, 0.25) is 0 Å². The highest BCUT2D eigenvalue weighted by Gasteiger charge is 2.05. The lowest BCUT2D eigenvalue weighted by molar-refractivity contribution is 0.522. The molecule has 0 N–H and O–H groups in total. The zero-order chi connectivity index (χ0) is 21.6. The fraction of sp³-hybridized carbons (Fsp3) is 0.417. The van der Waals surface area contributed by atoms with E-state index < -0.39 is 0 Å². The molecule has 0 bridgehead atoms. The van der Waals surface area contributed by atoms with Crippen LogP contribution >= 0.6 is 0 Å². The molecule has 0 aliphatic heterocycles. The van der Waals surface area contributed by atoms with Gasteiger partial charge in [0.1, 0.15) is 17.6 Å². The van der Waals surface area contributed by atoms with Crippen LogP contribution in [-0.2, 0) is 0 Å². The van der Waals surface area contributed by atoms with Crippen LogP contribution in [0.3, 0.4) is 0 Å². The number of rotatable bonds is 2. The molecular weight excluding hydrogens is 362 g/mol. The standard InChI is InChI=1S/C11H12O.C6H10N2.C4H10.C3H3NO/c1-8(2)11-7-9-5-3-4-6-10(9)12-11;1-6(2)8-5-3-4-7-8;1-4(2)3;1-2-5-3-4-1/h3-8H,1-2H3;3-6H,1-2H3;4H,1-3H3;1-3H. The number of nitrogens with zero attached hydrogens (tertiary/aromatic N) is 3. The average Bonchev–Trinajstić information content (AvgIpc) is 3.45. The Labute approximate surface area is 174 Å². The third kappa shape index (κ3) is 10.3. The lowest BCUT2D eigenvalue weighted by Gasteiger charge is -2.01. The zero-order valence-electron chi connectivity index (χ0n) is 18.7. The van der Waals surface area contributed by atoms with Gasteiger partial charge in [0.05, 0.1) is 6.20 Å². The molecule has 4 aromatic rings. The van der Waals surface area contributed by atoms with Crippen LogP contribution in [0.4, 0.5) is 0 Å². The monoisotopic (exact) mass is 397 g/mol. The topological polar surface area (TPSA) is 57.0 Å². The van der Waals surface area contributed by atoms with Gasteiger partial charge in [0.25, 0.3) is 0 Å². The van der Waals surface area contributed by atoms with Gasteiger partial charge >= 0.3 is 0 Å². The highest BCUT2D eigenvalue weighted by atomic mass is 16.3. The molecule has 0 unspecified atom stereocenters. The van der Waals surface area contributed by atoms with Crippen LogP contribution < -0.4 is 0 Å². The molecule has 4 rings (SSSR count). The van der Waals surface area contributed by atoms with E-state index in [4.69, 9.17) is 4.42 Å². The second-order valence-electron chi connectivity index (χ2n) is 7.83. The predicted octanol–water partition coefficient (Wildman–Crippen LogP) is 7.36. The number of oxazole rings is 1. The van der Waals surface area contributed by atoms with Gasteiger partial charge in [-0.25, -0.2) is 4.98 Å². The fourth-order valence-electron chi connectivity index (χ4n) is 2.05. The molecule has 3 heterocycles. The second kappa shape index (κ2) is 13.4. The number of aromatic nitrogens is 3. The molecule has 0 saturated heterocycles. The van der Waals surface area contributed by atoms with Gasteiger partial charge in [-0.15, -0.1) is 0 Å². The molecule has 158 valence electrons. The van der Waals surface area contributed by atoms with Crippen molar-refractivity contribution in [2.75, 3.05) is 0 Å². The minimum absolute atomic E-state index is 0.470. The van der Waals surface area contributed by atoms with Crippen LogP contribution in [0.1, 0.15) is 66.2 Å². The van der Waals surface area contributed by atoms with Crippen molar-refractivity contribution in [3.8, 4) is 0 Å². The molecule has 0 fully saturated rings. The third-order valence-electron chi connectivity index (χ3n) is 3.41. The summed E-state index contributed by atoms with van der Waals surface area (Å²) in [5.41, 5.74) is 0.987. The van der Waals surface area contributed by atoms with Crippen molar-refractivity contribution in [2.24, 2.45) is 5.92 Å². The highest BCUT2D eigenvalue weighted by molar-refractivity contribution is 5.77. The Morgan fingerprint density at radius 1 is 0.897 bits per heavy atom.